The van der Waals surface area contributed by atoms with Gasteiger partial charge < -0.3 is 15.2 Å². The Morgan fingerprint density at radius 1 is 1.35 bits per heavy atom. The molecule has 0 aliphatic heterocycles. The molecule has 112 valence electrons. The van der Waals surface area contributed by atoms with Crippen LogP contribution in [0.1, 0.15) is 38.7 Å². The minimum Gasteiger partial charge on any atom is -0.504 e. The number of hydrogen-bond acceptors (Lipinski definition) is 4. The molecule has 0 spiro atoms. The van der Waals surface area contributed by atoms with Crippen molar-refractivity contribution >= 4 is 11.8 Å². The minimum absolute atomic E-state index is 0.277. The SMILES string of the molecule is CCOc1cccc(CNC2CCCC2SCC)c1O. The molecule has 0 heterocycles. The molecule has 1 aromatic carbocycles. The topological polar surface area (TPSA) is 41.5 Å². The van der Waals surface area contributed by atoms with Crippen LogP contribution in [0.2, 0.25) is 0 Å². The number of para-hydroxylation sites is 1. The van der Waals surface area contributed by atoms with Crippen molar-refractivity contribution in [2.24, 2.45) is 0 Å². The number of nitrogens with one attached hydrogen (secondary N) is 1. The molecule has 1 aliphatic rings. The van der Waals surface area contributed by atoms with Crippen LogP contribution in [0.4, 0.5) is 0 Å². The van der Waals surface area contributed by atoms with E-state index < -0.39 is 0 Å². The van der Waals surface area contributed by atoms with E-state index in [4.69, 9.17) is 4.74 Å². The van der Waals surface area contributed by atoms with E-state index >= 15 is 0 Å². The normalized spacial score (nSPS) is 22.1. The third-order valence-corrected chi connectivity index (χ3v) is 5.10. The van der Waals surface area contributed by atoms with Crippen molar-refractivity contribution in [1.29, 1.82) is 0 Å². The quantitative estimate of drug-likeness (QED) is 0.807. The summed E-state index contributed by atoms with van der Waals surface area (Å²) in [5, 5.41) is 14.5. The molecule has 4 heteroatoms. The lowest BCUT2D eigenvalue weighted by Gasteiger charge is -2.20. The monoisotopic (exact) mass is 295 g/mol. The number of rotatable bonds is 7. The van der Waals surface area contributed by atoms with E-state index in [0.717, 1.165) is 10.8 Å². The number of hydrogen-bond donors (Lipinski definition) is 2. The Morgan fingerprint density at radius 2 is 2.20 bits per heavy atom. The van der Waals surface area contributed by atoms with E-state index in [-0.39, 0.29) is 5.75 Å². The van der Waals surface area contributed by atoms with Crippen LogP contribution in [-0.4, -0.2) is 28.8 Å². The summed E-state index contributed by atoms with van der Waals surface area (Å²) in [6.07, 6.45) is 3.85. The van der Waals surface area contributed by atoms with Gasteiger partial charge in [0, 0.05) is 23.4 Å². The van der Waals surface area contributed by atoms with Crippen molar-refractivity contribution in [3.05, 3.63) is 23.8 Å². The van der Waals surface area contributed by atoms with Crippen LogP contribution < -0.4 is 10.1 Å². The molecule has 0 bridgehead atoms. The first-order valence-electron chi connectivity index (χ1n) is 7.54. The van der Waals surface area contributed by atoms with Gasteiger partial charge in [-0.25, -0.2) is 0 Å². The maximum absolute atomic E-state index is 10.2. The number of phenols is 1. The third-order valence-electron chi connectivity index (χ3n) is 3.77. The summed E-state index contributed by atoms with van der Waals surface area (Å²) in [5.74, 6) is 2.03. The van der Waals surface area contributed by atoms with Crippen LogP contribution in [0.3, 0.4) is 0 Å². The number of aromatic hydroxyl groups is 1. The molecule has 0 amide bonds. The van der Waals surface area contributed by atoms with Gasteiger partial charge in [0.1, 0.15) is 0 Å². The van der Waals surface area contributed by atoms with Crippen molar-refractivity contribution in [3.63, 3.8) is 0 Å². The third kappa shape index (κ3) is 3.83. The Morgan fingerprint density at radius 3 is 2.95 bits per heavy atom. The lowest BCUT2D eigenvalue weighted by atomic mass is 10.1. The summed E-state index contributed by atoms with van der Waals surface area (Å²) in [4.78, 5) is 0. The predicted molar refractivity (Wildman–Crippen MR) is 85.7 cm³/mol. The molecule has 0 aromatic heterocycles. The van der Waals surface area contributed by atoms with Crippen molar-refractivity contribution in [2.75, 3.05) is 12.4 Å². The summed E-state index contributed by atoms with van der Waals surface area (Å²) >= 11 is 2.05. The van der Waals surface area contributed by atoms with Crippen molar-refractivity contribution < 1.29 is 9.84 Å². The van der Waals surface area contributed by atoms with Gasteiger partial charge in [0.2, 0.25) is 0 Å². The summed E-state index contributed by atoms with van der Waals surface area (Å²) in [6, 6.07) is 6.28. The zero-order valence-electron chi connectivity index (χ0n) is 12.4. The highest BCUT2D eigenvalue weighted by Crippen LogP contribution is 2.32. The molecule has 2 atom stereocenters. The highest BCUT2D eigenvalue weighted by atomic mass is 32.2. The molecule has 1 fully saturated rings. The highest BCUT2D eigenvalue weighted by molar-refractivity contribution is 7.99. The van der Waals surface area contributed by atoms with E-state index in [1.54, 1.807) is 0 Å². The average molecular weight is 295 g/mol. The maximum Gasteiger partial charge on any atom is 0.162 e. The van der Waals surface area contributed by atoms with Gasteiger partial charge in [-0.1, -0.05) is 25.5 Å². The zero-order chi connectivity index (χ0) is 14.4. The average Bonchev–Trinajstić information content (AvgIpc) is 2.88. The highest BCUT2D eigenvalue weighted by Gasteiger charge is 2.26. The number of benzene rings is 1. The number of phenolic OH excluding ortho intramolecular Hbond substituents is 1. The van der Waals surface area contributed by atoms with Crippen LogP contribution in [0.15, 0.2) is 18.2 Å². The smallest absolute Gasteiger partial charge is 0.162 e. The lowest BCUT2D eigenvalue weighted by molar-refractivity contribution is 0.316. The molecule has 1 aliphatic carbocycles. The fraction of sp³-hybridized carbons (Fsp3) is 0.625. The molecule has 1 saturated carbocycles. The van der Waals surface area contributed by atoms with E-state index in [9.17, 15) is 5.11 Å². The van der Waals surface area contributed by atoms with E-state index in [1.807, 2.05) is 36.9 Å². The van der Waals surface area contributed by atoms with Crippen LogP contribution >= 0.6 is 11.8 Å². The van der Waals surface area contributed by atoms with Crippen LogP contribution in [-0.2, 0) is 6.54 Å². The van der Waals surface area contributed by atoms with Crippen LogP contribution in [0.5, 0.6) is 11.5 Å². The van der Waals surface area contributed by atoms with Gasteiger partial charge in [0.25, 0.3) is 0 Å². The van der Waals surface area contributed by atoms with Gasteiger partial charge in [-0.2, -0.15) is 11.8 Å². The first-order chi connectivity index (χ1) is 9.76. The second-order valence-corrected chi connectivity index (χ2v) is 6.63. The van der Waals surface area contributed by atoms with Crippen LogP contribution in [0, 0.1) is 0 Å². The second kappa shape index (κ2) is 7.79. The fourth-order valence-corrected chi connectivity index (χ4v) is 4.02. The van der Waals surface area contributed by atoms with E-state index in [0.29, 0.717) is 24.9 Å². The fourth-order valence-electron chi connectivity index (χ4n) is 2.80. The Bertz CT molecular complexity index is 425. The van der Waals surface area contributed by atoms with Crippen LogP contribution in [0.25, 0.3) is 0 Å². The molecule has 0 radical (unpaired) electrons. The second-order valence-electron chi connectivity index (χ2n) is 5.11. The molecular weight excluding hydrogens is 270 g/mol. The largest absolute Gasteiger partial charge is 0.504 e. The molecule has 2 N–H and O–H groups in total. The summed E-state index contributed by atoms with van der Waals surface area (Å²) in [5.41, 5.74) is 0.920. The van der Waals surface area contributed by atoms with Crippen molar-refractivity contribution in [3.8, 4) is 11.5 Å². The molecule has 1 aromatic rings. The standard InChI is InChI=1S/C16H25NO2S/c1-3-19-14-9-5-7-12(16(14)18)11-17-13-8-6-10-15(13)20-4-2/h5,7,9,13,15,17-18H,3-4,6,8,10-11H2,1-2H3. The number of ether oxygens (including phenoxy) is 1. The Labute approximate surface area is 126 Å². The van der Waals surface area contributed by atoms with Crippen molar-refractivity contribution in [2.45, 2.75) is 50.9 Å². The van der Waals surface area contributed by atoms with Gasteiger partial charge in [0.05, 0.1) is 6.61 Å². The van der Waals surface area contributed by atoms with Gasteiger partial charge in [-0.05, 0) is 31.6 Å². The number of thioether (sulfide) groups is 1. The van der Waals surface area contributed by atoms with Gasteiger partial charge >= 0.3 is 0 Å². The summed E-state index contributed by atoms with van der Waals surface area (Å²) in [6.45, 7) is 5.42. The lowest BCUT2D eigenvalue weighted by Crippen LogP contribution is -2.33. The molecule has 0 saturated heterocycles. The molecule has 2 rings (SSSR count). The first-order valence-corrected chi connectivity index (χ1v) is 8.59. The summed E-state index contributed by atoms with van der Waals surface area (Å²) in [7, 11) is 0. The molecule has 2 unspecified atom stereocenters. The predicted octanol–water partition coefficient (Wildman–Crippen LogP) is 3.55. The van der Waals surface area contributed by atoms with E-state index in [2.05, 4.69) is 12.2 Å². The van der Waals surface area contributed by atoms with Gasteiger partial charge in [0.15, 0.2) is 11.5 Å². The first kappa shape index (κ1) is 15.5. The molecule has 3 nitrogen and oxygen atoms in total. The Kier molecular flexibility index (Phi) is 6.05. The maximum atomic E-state index is 10.2. The minimum atomic E-state index is 0.277. The Hall–Kier alpha value is -0.870. The zero-order valence-corrected chi connectivity index (χ0v) is 13.2. The molecular formula is C16H25NO2S. The summed E-state index contributed by atoms with van der Waals surface area (Å²) < 4.78 is 5.43. The molecule has 20 heavy (non-hydrogen) atoms. The Balaban J connectivity index is 1.95. The van der Waals surface area contributed by atoms with Gasteiger partial charge in [-0.3, -0.25) is 0 Å². The van der Waals surface area contributed by atoms with E-state index in [1.165, 1.54) is 25.0 Å². The van der Waals surface area contributed by atoms with Gasteiger partial charge in [-0.15, -0.1) is 0 Å². The van der Waals surface area contributed by atoms with Crippen molar-refractivity contribution in [1.82, 2.24) is 5.32 Å².